The van der Waals surface area contributed by atoms with E-state index in [0.717, 1.165) is 0 Å². The maximum atomic E-state index is 8.92. The maximum Gasteiger partial charge on any atom is 0.155 e. The van der Waals surface area contributed by atoms with Crippen LogP contribution in [0.1, 0.15) is 5.56 Å². The van der Waals surface area contributed by atoms with Gasteiger partial charge in [-0.3, -0.25) is 0 Å². The Balaban J connectivity index is 2.42. The summed E-state index contributed by atoms with van der Waals surface area (Å²) in [5.74, 6) is 0.993. The van der Waals surface area contributed by atoms with Gasteiger partial charge in [0.05, 0.1) is 24.0 Å². The summed E-state index contributed by atoms with van der Waals surface area (Å²) in [7, 11) is 1.55. The van der Waals surface area contributed by atoms with Gasteiger partial charge >= 0.3 is 0 Å². The number of benzene rings is 1. The predicted molar refractivity (Wildman–Crippen MR) is 74.7 cm³/mol. The lowest BCUT2D eigenvalue weighted by atomic mass is 10.2. The second-order valence-corrected chi connectivity index (χ2v) is 4.14. The molecule has 0 saturated carbocycles. The number of nitrogen functional groups attached to an aromatic ring is 1. The summed E-state index contributed by atoms with van der Waals surface area (Å²) in [6.45, 7) is 0. The highest BCUT2D eigenvalue weighted by Gasteiger charge is 2.09. The number of aromatic nitrogens is 1. The number of nitrogens with one attached hydrogen (secondary N) is 1. The maximum absolute atomic E-state index is 8.92. The van der Waals surface area contributed by atoms with Crippen LogP contribution in [0.3, 0.4) is 0 Å². The Labute approximate surface area is 115 Å². The van der Waals surface area contributed by atoms with E-state index >= 15 is 0 Å². The monoisotopic (exact) mass is 274 g/mol. The van der Waals surface area contributed by atoms with Gasteiger partial charge in [-0.25, -0.2) is 4.98 Å². The molecule has 0 aliphatic heterocycles. The first-order chi connectivity index (χ1) is 9.15. The molecule has 5 nitrogen and oxygen atoms in total. The van der Waals surface area contributed by atoms with Crippen molar-refractivity contribution in [2.75, 3.05) is 18.2 Å². The van der Waals surface area contributed by atoms with Crippen LogP contribution in [0.2, 0.25) is 5.02 Å². The van der Waals surface area contributed by atoms with Crippen LogP contribution < -0.4 is 15.8 Å². The lowest BCUT2D eigenvalue weighted by Gasteiger charge is -2.12. The standard InChI is InChI=1S/C13H11ClN4O/c1-19-11-3-2-9(14)6-10(11)18-13-12(16)8(7-15)4-5-17-13/h2-6H,16H2,1H3,(H,17,18). The fourth-order valence-corrected chi connectivity index (χ4v) is 1.75. The Morgan fingerprint density at radius 3 is 2.89 bits per heavy atom. The van der Waals surface area contributed by atoms with Crippen LogP contribution in [0.15, 0.2) is 30.5 Å². The summed E-state index contributed by atoms with van der Waals surface area (Å²) in [6, 6.07) is 8.69. The molecule has 1 aromatic carbocycles. The van der Waals surface area contributed by atoms with Gasteiger partial charge in [-0.1, -0.05) is 11.6 Å². The average Bonchev–Trinajstić information content (AvgIpc) is 2.41. The van der Waals surface area contributed by atoms with Crippen molar-refractivity contribution >= 4 is 28.8 Å². The van der Waals surface area contributed by atoms with Crippen molar-refractivity contribution in [3.8, 4) is 11.8 Å². The highest BCUT2D eigenvalue weighted by molar-refractivity contribution is 6.31. The average molecular weight is 275 g/mol. The lowest BCUT2D eigenvalue weighted by Crippen LogP contribution is -2.02. The topological polar surface area (TPSA) is 84.0 Å². The molecular formula is C13H11ClN4O. The van der Waals surface area contributed by atoms with Crippen molar-refractivity contribution in [3.63, 3.8) is 0 Å². The van der Waals surface area contributed by atoms with Gasteiger partial charge in [0.15, 0.2) is 5.82 Å². The molecule has 0 atom stereocenters. The van der Waals surface area contributed by atoms with E-state index in [4.69, 9.17) is 27.3 Å². The van der Waals surface area contributed by atoms with E-state index in [9.17, 15) is 0 Å². The first-order valence-electron chi connectivity index (χ1n) is 5.41. The van der Waals surface area contributed by atoms with Gasteiger partial charge in [-0.05, 0) is 24.3 Å². The molecule has 1 heterocycles. The van der Waals surface area contributed by atoms with Crippen molar-refractivity contribution < 1.29 is 4.74 Å². The molecule has 6 heteroatoms. The molecule has 0 aliphatic carbocycles. The number of nitrogens with two attached hydrogens (primary N) is 1. The van der Waals surface area contributed by atoms with Crippen molar-refractivity contribution in [3.05, 3.63) is 41.0 Å². The van der Waals surface area contributed by atoms with Crippen LogP contribution in [0.25, 0.3) is 0 Å². The minimum atomic E-state index is 0.284. The summed E-state index contributed by atoms with van der Waals surface area (Å²) in [5.41, 5.74) is 7.12. The number of halogens is 1. The lowest BCUT2D eigenvalue weighted by molar-refractivity contribution is 0.417. The number of anilines is 3. The van der Waals surface area contributed by atoms with Crippen LogP contribution in [0.4, 0.5) is 17.2 Å². The van der Waals surface area contributed by atoms with Crippen molar-refractivity contribution in [1.82, 2.24) is 4.98 Å². The highest BCUT2D eigenvalue weighted by atomic mass is 35.5. The van der Waals surface area contributed by atoms with Gasteiger partial charge in [0.2, 0.25) is 0 Å². The quantitative estimate of drug-likeness (QED) is 0.899. The molecule has 0 unspecified atom stereocenters. The molecule has 0 amide bonds. The zero-order valence-electron chi connectivity index (χ0n) is 10.1. The second kappa shape index (κ2) is 5.46. The largest absolute Gasteiger partial charge is 0.495 e. The SMILES string of the molecule is COc1ccc(Cl)cc1Nc1nccc(C#N)c1N. The fourth-order valence-electron chi connectivity index (χ4n) is 1.58. The van der Waals surface area contributed by atoms with Crippen LogP contribution in [0, 0.1) is 11.3 Å². The van der Waals surface area contributed by atoms with Gasteiger partial charge in [-0.2, -0.15) is 5.26 Å². The molecule has 19 heavy (non-hydrogen) atoms. The van der Waals surface area contributed by atoms with E-state index in [1.165, 1.54) is 6.20 Å². The fraction of sp³-hybridized carbons (Fsp3) is 0.0769. The summed E-state index contributed by atoms with van der Waals surface area (Å²) < 4.78 is 5.21. The molecule has 0 spiro atoms. The molecule has 96 valence electrons. The summed E-state index contributed by atoms with van der Waals surface area (Å²) in [4.78, 5) is 4.10. The molecule has 2 aromatic rings. The highest BCUT2D eigenvalue weighted by Crippen LogP contribution is 2.32. The van der Waals surface area contributed by atoms with Gasteiger partial charge < -0.3 is 15.8 Å². The van der Waals surface area contributed by atoms with E-state index < -0.39 is 0 Å². The van der Waals surface area contributed by atoms with Crippen molar-refractivity contribution in [1.29, 1.82) is 5.26 Å². The smallest absolute Gasteiger partial charge is 0.155 e. The summed E-state index contributed by atoms with van der Waals surface area (Å²) in [5, 5.41) is 12.5. The Bertz CT molecular complexity index is 652. The zero-order chi connectivity index (χ0) is 13.8. The van der Waals surface area contributed by atoms with E-state index in [1.54, 1.807) is 31.4 Å². The van der Waals surface area contributed by atoms with Crippen LogP contribution in [-0.4, -0.2) is 12.1 Å². The number of rotatable bonds is 3. The molecule has 0 saturated heterocycles. The van der Waals surface area contributed by atoms with Gasteiger partial charge in [0, 0.05) is 11.2 Å². The molecule has 0 radical (unpaired) electrons. The first kappa shape index (κ1) is 13.0. The number of nitrogens with zero attached hydrogens (tertiary/aromatic N) is 2. The molecule has 0 fully saturated rings. The molecule has 3 N–H and O–H groups in total. The van der Waals surface area contributed by atoms with Crippen molar-refractivity contribution in [2.45, 2.75) is 0 Å². The number of nitriles is 1. The normalized spacial score (nSPS) is 9.74. The minimum Gasteiger partial charge on any atom is -0.495 e. The van der Waals surface area contributed by atoms with Gasteiger partial charge in [0.25, 0.3) is 0 Å². The van der Waals surface area contributed by atoms with Crippen LogP contribution in [0.5, 0.6) is 5.75 Å². The Hall–Kier alpha value is -2.45. The minimum absolute atomic E-state index is 0.284. The first-order valence-corrected chi connectivity index (χ1v) is 5.78. The predicted octanol–water partition coefficient (Wildman–Crippen LogP) is 2.94. The summed E-state index contributed by atoms with van der Waals surface area (Å²) in [6.07, 6.45) is 1.51. The molecule has 0 bridgehead atoms. The number of ether oxygens (including phenoxy) is 1. The third kappa shape index (κ3) is 2.69. The van der Waals surface area contributed by atoms with E-state index in [0.29, 0.717) is 27.8 Å². The number of pyridine rings is 1. The second-order valence-electron chi connectivity index (χ2n) is 3.70. The number of methoxy groups -OCH3 is 1. The van der Waals surface area contributed by atoms with Gasteiger partial charge in [0.1, 0.15) is 11.8 Å². The molecule has 1 aromatic heterocycles. The molecular weight excluding hydrogens is 264 g/mol. The van der Waals surface area contributed by atoms with Crippen LogP contribution >= 0.6 is 11.6 Å². The van der Waals surface area contributed by atoms with E-state index in [1.807, 2.05) is 6.07 Å². The zero-order valence-corrected chi connectivity index (χ0v) is 10.9. The van der Waals surface area contributed by atoms with Crippen LogP contribution in [-0.2, 0) is 0 Å². The Morgan fingerprint density at radius 2 is 2.21 bits per heavy atom. The Kier molecular flexibility index (Phi) is 3.74. The Morgan fingerprint density at radius 1 is 1.42 bits per heavy atom. The third-order valence-electron chi connectivity index (χ3n) is 2.53. The van der Waals surface area contributed by atoms with Crippen molar-refractivity contribution in [2.24, 2.45) is 0 Å². The van der Waals surface area contributed by atoms with E-state index in [2.05, 4.69) is 10.3 Å². The molecule has 0 aliphatic rings. The number of hydrogen-bond donors (Lipinski definition) is 2. The third-order valence-corrected chi connectivity index (χ3v) is 2.76. The van der Waals surface area contributed by atoms with Gasteiger partial charge in [-0.15, -0.1) is 0 Å². The number of hydrogen-bond acceptors (Lipinski definition) is 5. The van der Waals surface area contributed by atoms with E-state index in [-0.39, 0.29) is 5.69 Å². The molecule has 2 rings (SSSR count). The summed E-state index contributed by atoms with van der Waals surface area (Å²) >= 11 is 5.94.